The standard InChI is InChI=1S/C34H31F2N9O4/c35-26-13-10-25(29(36)18-26)21-39-43-33(47)34(19-23-6-1-2-7-24(23)20-40-44-37)31(28-8-3-4-9-30(28)42-45-38)49-32(41-34)22-11-14-27(15-12-22)48-17-5-16-46/h1-4,6-15,18,31,39,46H,5,16-17,19-21H2,(H,43,47)/t31-,34-/m0/s1. The molecule has 1 amide bonds. The summed E-state index contributed by atoms with van der Waals surface area (Å²) >= 11 is 0. The zero-order valence-corrected chi connectivity index (χ0v) is 26.0. The Morgan fingerprint density at radius 2 is 1.73 bits per heavy atom. The Kier molecular flexibility index (Phi) is 11.4. The van der Waals surface area contributed by atoms with Crippen molar-refractivity contribution in [2.45, 2.75) is 37.6 Å². The third-order valence-electron chi connectivity index (χ3n) is 7.78. The van der Waals surface area contributed by atoms with Crippen molar-refractivity contribution < 1.29 is 28.2 Å². The van der Waals surface area contributed by atoms with Crippen LogP contribution in [-0.2, 0) is 29.0 Å². The van der Waals surface area contributed by atoms with Gasteiger partial charge in [0.1, 0.15) is 17.4 Å². The number of rotatable bonds is 15. The van der Waals surface area contributed by atoms with Crippen LogP contribution < -0.4 is 15.6 Å². The molecular formula is C34H31F2N9O4. The maximum atomic E-state index is 14.5. The topological polar surface area (TPSA) is 190 Å². The zero-order chi connectivity index (χ0) is 34.6. The highest BCUT2D eigenvalue weighted by Crippen LogP contribution is 2.45. The minimum absolute atomic E-state index is 0.00160. The van der Waals surface area contributed by atoms with Crippen molar-refractivity contribution in [1.82, 2.24) is 10.9 Å². The number of benzene rings is 4. The van der Waals surface area contributed by atoms with Gasteiger partial charge in [0.15, 0.2) is 11.6 Å². The number of aliphatic imine (C=N–C) groups is 1. The first-order valence-electron chi connectivity index (χ1n) is 15.2. The molecule has 1 heterocycles. The average molecular weight is 668 g/mol. The fraction of sp³-hybridized carbons (Fsp3) is 0.235. The van der Waals surface area contributed by atoms with Crippen molar-refractivity contribution >= 4 is 17.5 Å². The first kappa shape index (κ1) is 34.4. The lowest BCUT2D eigenvalue weighted by Gasteiger charge is -2.32. The van der Waals surface area contributed by atoms with Crippen LogP contribution in [0.15, 0.2) is 106 Å². The summed E-state index contributed by atoms with van der Waals surface area (Å²) in [6.07, 6.45) is -0.754. The van der Waals surface area contributed by atoms with Gasteiger partial charge in [-0.1, -0.05) is 64.8 Å². The molecule has 4 aromatic rings. The Morgan fingerprint density at radius 1 is 0.980 bits per heavy atom. The van der Waals surface area contributed by atoms with Crippen molar-refractivity contribution in [3.8, 4) is 5.75 Å². The smallest absolute Gasteiger partial charge is 0.266 e. The molecule has 1 aliphatic rings. The fourth-order valence-corrected chi connectivity index (χ4v) is 5.38. The van der Waals surface area contributed by atoms with E-state index in [2.05, 4.69) is 30.9 Å². The van der Waals surface area contributed by atoms with Gasteiger partial charge in [-0.3, -0.25) is 10.2 Å². The molecule has 4 aromatic carbocycles. The normalized spacial score (nSPS) is 16.5. The summed E-state index contributed by atoms with van der Waals surface area (Å²) in [6.45, 7) is 0.127. The number of nitrogens with zero attached hydrogens (tertiary/aromatic N) is 7. The molecule has 0 aliphatic carbocycles. The number of carbonyl (C=O) groups is 1. The van der Waals surface area contributed by atoms with Crippen molar-refractivity contribution in [1.29, 1.82) is 0 Å². The van der Waals surface area contributed by atoms with Crippen molar-refractivity contribution in [3.63, 3.8) is 0 Å². The molecule has 15 heteroatoms. The summed E-state index contributed by atoms with van der Waals surface area (Å²) in [4.78, 5) is 25.3. The molecule has 0 fully saturated rings. The van der Waals surface area contributed by atoms with Gasteiger partial charge >= 0.3 is 0 Å². The Morgan fingerprint density at radius 3 is 2.47 bits per heavy atom. The van der Waals surface area contributed by atoms with Crippen LogP contribution in [-0.4, -0.2) is 35.7 Å². The van der Waals surface area contributed by atoms with Crippen LogP contribution in [0.2, 0.25) is 0 Å². The number of hydrogen-bond donors (Lipinski definition) is 3. The third-order valence-corrected chi connectivity index (χ3v) is 7.78. The van der Waals surface area contributed by atoms with E-state index < -0.39 is 29.2 Å². The van der Waals surface area contributed by atoms with Crippen LogP contribution in [0, 0.1) is 11.6 Å². The van der Waals surface area contributed by atoms with Crippen LogP contribution >= 0.6 is 0 Å². The van der Waals surface area contributed by atoms with E-state index in [-0.39, 0.29) is 43.3 Å². The largest absolute Gasteiger partial charge is 0.494 e. The van der Waals surface area contributed by atoms with Crippen LogP contribution in [0.25, 0.3) is 20.9 Å². The summed E-state index contributed by atoms with van der Waals surface area (Å²) in [7, 11) is 0. The Balaban J connectivity index is 1.61. The average Bonchev–Trinajstić information content (AvgIpc) is 3.49. The van der Waals surface area contributed by atoms with E-state index in [1.807, 2.05) is 0 Å². The lowest BCUT2D eigenvalue weighted by atomic mass is 9.80. The van der Waals surface area contributed by atoms with Crippen LogP contribution in [0.3, 0.4) is 0 Å². The highest BCUT2D eigenvalue weighted by atomic mass is 19.1. The van der Waals surface area contributed by atoms with Gasteiger partial charge in [-0.2, -0.15) is 0 Å². The van der Waals surface area contributed by atoms with E-state index in [1.54, 1.807) is 72.8 Å². The fourth-order valence-electron chi connectivity index (χ4n) is 5.38. The summed E-state index contributed by atoms with van der Waals surface area (Å²) in [5.41, 5.74) is 24.4. The quantitative estimate of drug-likeness (QED) is 0.0412. The molecule has 5 rings (SSSR count). The number of ether oxygens (including phenoxy) is 2. The van der Waals surface area contributed by atoms with Crippen molar-refractivity contribution in [2.75, 3.05) is 13.2 Å². The van der Waals surface area contributed by atoms with Crippen LogP contribution in [0.5, 0.6) is 5.75 Å². The summed E-state index contributed by atoms with van der Waals surface area (Å²) < 4.78 is 40.1. The van der Waals surface area contributed by atoms with Crippen molar-refractivity contribution in [2.24, 2.45) is 15.2 Å². The Labute approximate surface area is 279 Å². The van der Waals surface area contributed by atoms with Gasteiger partial charge in [-0.05, 0) is 52.5 Å². The predicted molar refractivity (Wildman–Crippen MR) is 176 cm³/mol. The van der Waals surface area contributed by atoms with E-state index in [1.165, 1.54) is 6.07 Å². The van der Waals surface area contributed by atoms with Gasteiger partial charge in [0.2, 0.25) is 5.90 Å². The van der Waals surface area contributed by atoms with E-state index in [9.17, 15) is 19.1 Å². The maximum absolute atomic E-state index is 14.5. The Hall–Kier alpha value is -5.98. The van der Waals surface area contributed by atoms with E-state index in [0.29, 0.717) is 41.0 Å². The van der Waals surface area contributed by atoms with Gasteiger partial charge in [-0.25, -0.2) is 19.2 Å². The minimum atomic E-state index is -1.77. The summed E-state index contributed by atoms with van der Waals surface area (Å²) in [5, 5.41) is 16.6. The highest BCUT2D eigenvalue weighted by molar-refractivity contribution is 6.01. The third kappa shape index (κ3) is 8.12. The Bertz CT molecular complexity index is 1930. The molecule has 0 saturated carbocycles. The molecule has 3 N–H and O–H groups in total. The van der Waals surface area contributed by atoms with Gasteiger partial charge in [-0.15, -0.1) is 0 Å². The molecule has 49 heavy (non-hydrogen) atoms. The molecule has 2 atom stereocenters. The number of azide groups is 2. The first-order chi connectivity index (χ1) is 23.9. The lowest BCUT2D eigenvalue weighted by molar-refractivity contribution is -0.130. The van der Waals surface area contributed by atoms with E-state index in [0.717, 1.165) is 12.1 Å². The van der Waals surface area contributed by atoms with Crippen molar-refractivity contribution in [3.05, 3.63) is 151 Å². The van der Waals surface area contributed by atoms with Gasteiger partial charge in [0.05, 0.1) is 13.2 Å². The number of carbonyl (C=O) groups excluding carboxylic acids is 1. The molecule has 250 valence electrons. The number of aliphatic hydroxyl groups excluding tert-OH is 1. The molecule has 0 saturated heterocycles. The zero-order valence-electron chi connectivity index (χ0n) is 26.0. The number of aliphatic hydroxyl groups is 1. The number of halogens is 2. The second-order valence-electron chi connectivity index (χ2n) is 10.9. The highest BCUT2D eigenvalue weighted by Gasteiger charge is 2.54. The molecule has 0 bridgehead atoms. The predicted octanol–water partition coefficient (Wildman–Crippen LogP) is 6.80. The number of nitrogens with one attached hydrogen (secondary N) is 2. The van der Waals surface area contributed by atoms with Gasteiger partial charge in [0, 0.05) is 64.3 Å². The number of hydrogen-bond acceptors (Lipinski definition) is 8. The van der Waals surface area contributed by atoms with Crippen LogP contribution in [0.4, 0.5) is 14.5 Å². The minimum Gasteiger partial charge on any atom is -0.494 e. The molecular weight excluding hydrogens is 636 g/mol. The number of hydrazine groups is 1. The molecule has 0 radical (unpaired) electrons. The molecule has 0 aromatic heterocycles. The van der Waals surface area contributed by atoms with E-state index in [4.69, 9.17) is 25.1 Å². The van der Waals surface area contributed by atoms with Gasteiger partial charge < -0.3 is 14.6 Å². The van der Waals surface area contributed by atoms with Gasteiger partial charge in [0.25, 0.3) is 5.91 Å². The second-order valence-corrected chi connectivity index (χ2v) is 10.9. The van der Waals surface area contributed by atoms with E-state index >= 15 is 0 Å². The molecule has 13 nitrogen and oxygen atoms in total. The maximum Gasteiger partial charge on any atom is 0.266 e. The lowest BCUT2D eigenvalue weighted by Crippen LogP contribution is -2.53. The SMILES string of the molecule is [N-]=[N+]=NCc1ccccc1C[C@]1(C(=O)NNCc2ccc(F)cc2F)N=C(c2ccc(OCCCO)cc2)O[C@H]1c1ccccc1N=[N+]=[N-]. The molecule has 1 aliphatic heterocycles. The first-order valence-corrected chi connectivity index (χ1v) is 15.2. The van der Waals surface area contributed by atoms with Crippen LogP contribution in [0.1, 0.15) is 40.3 Å². The second kappa shape index (κ2) is 16.2. The molecule has 0 unspecified atom stereocenters. The molecule has 0 spiro atoms. The summed E-state index contributed by atoms with van der Waals surface area (Å²) in [6, 6.07) is 23.7. The monoisotopic (exact) mass is 667 g/mol. The summed E-state index contributed by atoms with van der Waals surface area (Å²) in [5.74, 6) is -1.55. The number of amides is 1.